The molecule has 0 fully saturated rings. The number of rotatable bonds is 2. The van der Waals surface area contributed by atoms with Crippen LogP contribution in [0.5, 0.6) is 0 Å². The summed E-state index contributed by atoms with van der Waals surface area (Å²) >= 11 is 0. The Balaban J connectivity index is 1.48. The Bertz CT molecular complexity index is 1790. The molecule has 0 amide bonds. The van der Waals surface area contributed by atoms with E-state index in [-0.39, 0.29) is 23.0 Å². The van der Waals surface area contributed by atoms with Crippen LogP contribution in [-0.4, -0.2) is 37.6 Å². The molecule has 2 aliphatic rings. The van der Waals surface area contributed by atoms with Gasteiger partial charge in [-0.05, 0) is 31.5 Å². The fraction of sp³-hybridized carbons (Fsp3) is 0.192. The van der Waals surface area contributed by atoms with E-state index in [1.54, 1.807) is 36.2 Å². The summed E-state index contributed by atoms with van der Waals surface area (Å²) in [7, 11) is -2.68. The Morgan fingerprint density at radius 2 is 1.72 bits per heavy atom. The first-order chi connectivity index (χ1) is 17.2. The third-order valence-corrected chi connectivity index (χ3v) is 8.74. The Morgan fingerprint density at radius 1 is 0.917 bits per heavy atom. The third-order valence-electron chi connectivity index (χ3n) is 7.22. The average molecular weight is 505 g/mol. The van der Waals surface area contributed by atoms with Crippen molar-refractivity contribution in [1.29, 1.82) is 0 Å². The van der Waals surface area contributed by atoms with Crippen molar-refractivity contribution in [2.75, 3.05) is 13.3 Å². The second kappa shape index (κ2) is 7.17. The standard InChI is InChI=1S/C26H19F3N5OP/c1-36(2,35)13-6-7-14(18(28)8-13)16-9-21-20(10-19(16)29)32-26-23-11-22(33(21)26)24-15(4-3-5-17(24)27)25-30-12-31-34(23)25/h3-10,12,22-23H,11H2,1-2H3/t22-,23-/m0/s1. The second-order valence-electron chi connectivity index (χ2n) is 9.67. The van der Waals surface area contributed by atoms with Crippen LogP contribution >= 0.6 is 7.14 Å². The van der Waals surface area contributed by atoms with Crippen molar-refractivity contribution < 1.29 is 17.7 Å². The van der Waals surface area contributed by atoms with Gasteiger partial charge in [0, 0.05) is 40.0 Å². The highest BCUT2D eigenvalue weighted by atomic mass is 31.2. The van der Waals surface area contributed by atoms with Gasteiger partial charge in [-0.3, -0.25) is 0 Å². The predicted molar refractivity (Wildman–Crippen MR) is 130 cm³/mol. The highest BCUT2D eigenvalue weighted by Crippen LogP contribution is 2.50. The quantitative estimate of drug-likeness (QED) is 0.296. The Kier molecular flexibility index (Phi) is 4.29. The second-order valence-corrected chi connectivity index (χ2v) is 12.9. The van der Waals surface area contributed by atoms with Crippen LogP contribution in [0, 0.1) is 17.5 Å². The highest BCUT2D eigenvalue weighted by molar-refractivity contribution is 7.70. The fourth-order valence-corrected chi connectivity index (χ4v) is 6.44. The van der Waals surface area contributed by atoms with E-state index < -0.39 is 24.8 Å². The molecule has 7 rings (SSSR count). The summed E-state index contributed by atoms with van der Waals surface area (Å²) in [6.45, 7) is 3.11. The van der Waals surface area contributed by atoms with Crippen molar-refractivity contribution in [3.05, 3.63) is 83.7 Å². The molecular weight excluding hydrogens is 486 g/mol. The van der Waals surface area contributed by atoms with E-state index in [1.807, 2.05) is 10.6 Å². The molecule has 0 saturated heterocycles. The van der Waals surface area contributed by atoms with E-state index in [1.165, 1.54) is 30.6 Å². The number of aromatic nitrogens is 5. The minimum atomic E-state index is -2.68. The minimum Gasteiger partial charge on any atom is -0.319 e. The summed E-state index contributed by atoms with van der Waals surface area (Å²) in [5.41, 5.74) is 2.23. The fourth-order valence-electron chi connectivity index (χ4n) is 5.58. The first kappa shape index (κ1) is 21.6. The summed E-state index contributed by atoms with van der Waals surface area (Å²) in [6.07, 6.45) is 1.95. The van der Waals surface area contributed by atoms with Crippen LogP contribution < -0.4 is 5.30 Å². The summed E-state index contributed by atoms with van der Waals surface area (Å²) in [5.74, 6) is -0.461. The lowest BCUT2D eigenvalue weighted by molar-refractivity contribution is 0.495. The van der Waals surface area contributed by atoms with E-state index in [2.05, 4.69) is 10.1 Å². The minimum absolute atomic E-state index is 0.0606. The van der Waals surface area contributed by atoms with Gasteiger partial charge in [0.15, 0.2) is 5.82 Å². The normalized spacial score (nSPS) is 18.1. The molecule has 2 aromatic heterocycles. The maximum absolute atomic E-state index is 15.3. The molecule has 5 aromatic rings. The van der Waals surface area contributed by atoms with E-state index >= 15 is 13.2 Å². The van der Waals surface area contributed by atoms with Gasteiger partial charge in [-0.2, -0.15) is 5.10 Å². The van der Waals surface area contributed by atoms with Crippen LogP contribution in [0.25, 0.3) is 33.5 Å². The van der Waals surface area contributed by atoms with Gasteiger partial charge in [-0.1, -0.05) is 24.3 Å². The summed E-state index contributed by atoms with van der Waals surface area (Å²) in [4.78, 5) is 9.08. The van der Waals surface area contributed by atoms with Gasteiger partial charge in [0.05, 0.1) is 17.1 Å². The Labute approximate surface area is 203 Å². The molecule has 4 heterocycles. The van der Waals surface area contributed by atoms with Crippen molar-refractivity contribution in [1.82, 2.24) is 24.3 Å². The molecule has 0 N–H and O–H groups in total. The number of nitrogens with zero attached hydrogens (tertiary/aromatic N) is 5. The highest BCUT2D eigenvalue weighted by Gasteiger charge is 2.43. The largest absolute Gasteiger partial charge is 0.319 e. The SMILES string of the molecule is CP(C)(=O)c1ccc(-c2cc3c(cc2F)nc2n3[C@H]3C[C@@H]2n2ncnc2-c2cccc(F)c23)c(F)c1. The molecule has 6 nitrogen and oxygen atoms in total. The molecule has 2 aliphatic heterocycles. The number of halogens is 3. The molecular formula is C26H19F3N5OP. The number of imidazole rings is 1. The topological polar surface area (TPSA) is 65.6 Å². The number of hydrogen-bond acceptors (Lipinski definition) is 4. The van der Waals surface area contributed by atoms with E-state index in [0.717, 1.165) is 0 Å². The summed E-state index contributed by atoms with van der Waals surface area (Å²) < 4.78 is 61.7. The zero-order valence-corrected chi connectivity index (χ0v) is 20.2. The van der Waals surface area contributed by atoms with Crippen LogP contribution in [0.15, 0.2) is 54.9 Å². The van der Waals surface area contributed by atoms with Crippen LogP contribution in [0.4, 0.5) is 13.2 Å². The van der Waals surface area contributed by atoms with Crippen molar-refractivity contribution in [2.24, 2.45) is 0 Å². The van der Waals surface area contributed by atoms with Gasteiger partial charge in [-0.15, -0.1) is 0 Å². The molecule has 0 aliphatic carbocycles. The molecule has 180 valence electrons. The summed E-state index contributed by atoms with van der Waals surface area (Å²) in [5, 5.41) is 4.78. The van der Waals surface area contributed by atoms with Gasteiger partial charge in [0.1, 0.15) is 42.8 Å². The van der Waals surface area contributed by atoms with Gasteiger partial charge < -0.3 is 9.13 Å². The lowest BCUT2D eigenvalue weighted by atomic mass is 9.97. The van der Waals surface area contributed by atoms with Crippen molar-refractivity contribution in [3.8, 4) is 22.5 Å². The van der Waals surface area contributed by atoms with Crippen molar-refractivity contribution >= 4 is 23.5 Å². The third kappa shape index (κ3) is 2.86. The van der Waals surface area contributed by atoms with E-state index in [9.17, 15) is 4.57 Å². The molecule has 0 radical (unpaired) electrons. The van der Waals surface area contributed by atoms with Crippen LogP contribution in [0.3, 0.4) is 0 Å². The zero-order valence-electron chi connectivity index (χ0n) is 19.3. The molecule has 2 bridgehead atoms. The molecule has 36 heavy (non-hydrogen) atoms. The van der Waals surface area contributed by atoms with Gasteiger partial charge in [-0.25, -0.2) is 27.8 Å². The maximum atomic E-state index is 15.3. The summed E-state index contributed by atoms with van der Waals surface area (Å²) in [6, 6.07) is 11.2. The molecule has 0 unspecified atom stereocenters. The molecule has 10 heteroatoms. The van der Waals surface area contributed by atoms with E-state index in [0.29, 0.717) is 45.5 Å². The number of hydrogen-bond donors (Lipinski definition) is 0. The average Bonchev–Trinajstić information content (AvgIpc) is 3.50. The van der Waals surface area contributed by atoms with Crippen LogP contribution in [0.2, 0.25) is 0 Å². The Morgan fingerprint density at radius 3 is 2.50 bits per heavy atom. The van der Waals surface area contributed by atoms with Gasteiger partial charge >= 0.3 is 0 Å². The number of benzene rings is 3. The van der Waals surface area contributed by atoms with Gasteiger partial charge in [0.2, 0.25) is 0 Å². The zero-order chi connectivity index (χ0) is 24.9. The predicted octanol–water partition coefficient (Wildman–Crippen LogP) is 5.52. The lowest BCUT2D eigenvalue weighted by Gasteiger charge is -2.19. The Hall–Kier alpha value is -3.71. The molecule has 2 atom stereocenters. The van der Waals surface area contributed by atoms with Crippen molar-refractivity contribution in [3.63, 3.8) is 0 Å². The van der Waals surface area contributed by atoms with E-state index in [4.69, 9.17) is 4.98 Å². The van der Waals surface area contributed by atoms with Crippen LogP contribution in [0.1, 0.15) is 29.9 Å². The van der Waals surface area contributed by atoms with Gasteiger partial charge in [0.25, 0.3) is 0 Å². The first-order valence-corrected chi connectivity index (χ1v) is 14.1. The van der Waals surface area contributed by atoms with Crippen LogP contribution in [-0.2, 0) is 4.57 Å². The monoisotopic (exact) mass is 505 g/mol. The molecule has 0 saturated carbocycles. The molecule has 3 aromatic carbocycles. The smallest absolute Gasteiger partial charge is 0.159 e. The first-order valence-electron chi connectivity index (χ1n) is 11.5. The molecule has 0 spiro atoms. The van der Waals surface area contributed by atoms with Crippen molar-refractivity contribution in [2.45, 2.75) is 18.5 Å². The maximum Gasteiger partial charge on any atom is 0.159 e. The number of fused-ring (bicyclic) bond motifs is 6. The lowest BCUT2D eigenvalue weighted by Crippen LogP contribution is -2.13.